The van der Waals surface area contributed by atoms with E-state index in [1.54, 1.807) is 11.0 Å². The number of carboxylic acid groups (broad SMARTS) is 1. The number of carbonyl (C=O) groups excluding carboxylic acids is 1. The smallest absolute Gasteiger partial charge is 0.328 e. The minimum atomic E-state index is -1.07. The molecule has 1 fully saturated rings. The normalized spacial score (nSPS) is 18.3. The maximum Gasteiger partial charge on any atom is 0.328 e. The second-order valence-electron chi connectivity index (χ2n) is 5.05. The average molecular weight is 290 g/mol. The van der Waals surface area contributed by atoms with Gasteiger partial charge in [-0.3, -0.25) is 9.78 Å². The lowest BCUT2D eigenvalue weighted by atomic mass is 10.1. The van der Waals surface area contributed by atoms with E-state index in [9.17, 15) is 9.59 Å². The summed E-state index contributed by atoms with van der Waals surface area (Å²) in [6, 6.07) is 1.60. The molecule has 0 radical (unpaired) electrons. The number of aliphatic hydroxyl groups is 1. The summed E-state index contributed by atoms with van der Waals surface area (Å²) in [6.07, 6.45) is 6.96. The largest absolute Gasteiger partial charge is 0.478 e. The van der Waals surface area contributed by atoms with Gasteiger partial charge >= 0.3 is 5.97 Å². The first-order chi connectivity index (χ1) is 10.1. The van der Waals surface area contributed by atoms with Crippen molar-refractivity contribution in [1.29, 1.82) is 0 Å². The van der Waals surface area contributed by atoms with Gasteiger partial charge in [-0.1, -0.05) is 0 Å². The molecule has 0 aromatic carbocycles. The predicted molar refractivity (Wildman–Crippen MR) is 76.6 cm³/mol. The first-order valence-electron chi connectivity index (χ1n) is 6.87. The van der Waals surface area contributed by atoms with Crippen molar-refractivity contribution in [2.75, 3.05) is 19.7 Å². The van der Waals surface area contributed by atoms with Crippen LogP contribution in [0, 0.1) is 5.92 Å². The number of rotatable bonds is 5. The number of carboxylic acids is 1. The number of pyridine rings is 1. The summed E-state index contributed by atoms with van der Waals surface area (Å²) in [7, 11) is 0. The Balaban J connectivity index is 2.14. The predicted octanol–water partition coefficient (Wildman–Crippen LogP) is 1.02. The Labute approximate surface area is 122 Å². The van der Waals surface area contributed by atoms with Crippen LogP contribution in [0.3, 0.4) is 0 Å². The minimum Gasteiger partial charge on any atom is -0.478 e. The molecule has 0 bridgehead atoms. The first kappa shape index (κ1) is 15.2. The molecular weight excluding hydrogens is 272 g/mol. The van der Waals surface area contributed by atoms with Crippen LogP contribution in [0.15, 0.2) is 24.5 Å². The molecule has 6 heteroatoms. The monoisotopic (exact) mass is 290 g/mol. The average Bonchev–Trinajstić information content (AvgIpc) is 2.94. The van der Waals surface area contributed by atoms with Gasteiger partial charge in [0.2, 0.25) is 0 Å². The van der Waals surface area contributed by atoms with E-state index >= 15 is 0 Å². The quantitative estimate of drug-likeness (QED) is 0.790. The number of aromatic nitrogens is 1. The number of hydrogen-bond donors (Lipinski definition) is 2. The molecule has 0 aliphatic carbocycles. The molecule has 1 amide bonds. The van der Waals surface area contributed by atoms with Gasteiger partial charge in [-0.2, -0.15) is 0 Å². The first-order valence-corrected chi connectivity index (χ1v) is 6.87. The third kappa shape index (κ3) is 3.88. The molecule has 1 aliphatic heterocycles. The highest BCUT2D eigenvalue weighted by Gasteiger charge is 2.27. The molecule has 112 valence electrons. The number of amides is 1. The zero-order chi connectivity index (χ0) is 15.2. The van der Waals surface area contributed by atoms with Gasteiger partial charge in [0.15, 0.2) is 0 Å². The van der Waals surface area contributed by atoms with Crippen molar-refractivity contribution in [1.82, 2.24) is 9.88 Å². The summed E-state index contributed by atoms with van der Waals surface area (Å²) in [5, 5.41) is 17.6. The SMILES string of the molecule is O=C(O)/C=C/c1cnccc1C(=O)N1CCC(CCO)C1. The molecule has 21 heavy (non-hydrogen) atoms. The lowest BCUT2D eigenvalue weighted by Gasteiger charge is -2.17. The fraction of sp³-hybridized carbons (Fsp3) is 0.400. The number of aliphatic carboxylic acids is 1. The Morgan fingerprint density at radius 2 is 2.29 bits per heavy atom. The molecule has 2 heterocycles. The number of carbonyl (C=O) groups is 2. The standard InChI is InChI=1S/C15H18N2O4/c18-8-5-11-4-7-17(10-11)15(21)13-3-6-16-9-12(13)1-2-14(19)20/h1-3,6,9,11,18H,4-5,7-8,10H2,(H,19,20)/b2-1+. The molecular formula is C15H18N2O4. The summed E-state index contributed by atoms with van der Waals surface area (Å²) < 4.78 is 0. The van der Waals surface area contributed by atoms with Crippen LogP contribution >= 0.6 is 0 Å². The molecule has 1 aliphatic rings. The van der Waals surface area contributed by atoms with E-state index in [4.69, 9.17) is 10.2 Å². The van der Waals surface area contributed by atoms with Crippen molar-refractivity contribution in [3.63, 3.8) is 0 Å². The summed E-state index contributed by atoms with van der Waals surface area (Å²) in [4.78, 5) is 28.8. The van der Waals surface area contributed by atoms with Crippen molar-refractivity contribution in [2.45, 2.75) is 12.8 Å². The molecule has 0 spiro atoms. The maximum absolute atomic E-state index is 12.5. The molecule has 0 saturated carbocycles. The third-order valence-electron chi connectivity index (χ3n) is 3.60. The van der Waals surface area contributed by atoms with Gasteiger partial charge < -0.3 is 15.1 Å². The van der Waals surface area contributed by atoms with Crippen LogP contribution in [0.2, 0.25) is 0 Å². The Hall–Kier alpha value is -2.21. The molecule has 1 atom stereocenters. The van der Waals surface area contributed by atoms with Crippen molar-refractivity contribution < 1.29 is 19.8 Å². The topological polar surface area (TPSA) is 90.7 Å². The van der Waals surface area contributed by atoms with Crippen LogP contribution < -0.4 is 0 Å². The molecule has 2 N–H and O–H groups in total. The fourth-order valence-electron chi connectivity index (χ4n) is 2.50. The van der Waals surface area contributed by atoms with Gasteiger partial charge in [0.25, 0.3) is 5.91 Å². The fourth-order valence-corrected chi connectivity index (χ4v) is 2.50. The molecule has 6 nitrogen and oxygen atoms in total. The van der Waals surface area contributed by atoms with E-state index in [0.29, 0.717) is 36.6 Å². The van der Waals surface area contributed by atoms with Crippen LogP contribution in [-0.2, 0) is 4.79 Å². The van der Waals surface area contributed by atoms with E-state index in [1.165, 1.54) is 18.5 Å². The van der Waals surface area contributed by atoms with Crippen LogP contribution in [-0.4, -0.2) is 51.7 Å². The zero-order valence-corrected chi connectivity index (χ0v) is 11.6. The van der Waals surface area contributed by atoms with Crippen molar-refractivity contribution in [3.05, 3.63) is 35.7 Å². The Morgan fingerprint density at radius 1 is 1.48 bits per heavy atom. The highest BCUT2D eigenvalue weighted by atomic mass is 16.4. The van der Waals surface area contributed by atoms with E-state index in [0.717, 1.165) is 12.5 Å². The number of nitrogens with zero attached hydrogens (tertiary/aromatic N) is 2. The number of hydrogen-bond acceptors (Lipinski definition) is 4. The lowest BCUT2D eigenvalue weighted by molar-refractivity contribution is -0.131. The Bertz CT molecular complexity index is 556. The summed E-state index contributed by atoms with van der Waals surface area (Å²) in [6.45, 7) is 1.42. The van der Waals surface area contributed by atoms with Gasteiger partial charge in [-0.05, 0) is 30.9 Å². The molecule has 1 unspecified atom stereocenters. The molecule has 2 rings (SSSR count). The van der Waals surface area contributed by atoms with Crippen LogP contribution in [0.5, 0.6) is 0 Å². The van der Waals surface area contributed by atoms with Gasteiger partial charge in [-0.15, -0.1) is 0 Å². The second-order valence-corrected chi connectivity index (χ2v) is 5.05. The summed E-state index contributed by atoms with van der Waals surface area (Å²) in [5.41, 5.74) is 0.947. The number of aliphatic hydroxyl groups excluding tert-OH is 1. The highest BCUT2D eigenvalue weighted by Crippen LogP contribution is 2.22. The van der Waals surface area contributed by atoms with E-state index in [2.05, 4.69) is 4.98 Å². The summed E-state index contributed by atoms with van der Waals surface area (Å²) >= 11 is 0. The Kier molecular flexibility index (Phi) is 5.05. The van der Waals surface area contributed by atoms with Crippen LogP contribution in [0.4, 0.5) is 0 Å². The van der Waals surface area contributed by atoms with Crippen molar-refractivity contribution in [3.8, 4) is 0 Å². The maximum atomic E-state index is 12.5. The van der Waals surface area contributed by atoms with Gasteiger partial charge in [0, 0.05) is 49.3 Å². The molecule has 1 saturated heterocycles. The third-order valence-corrected chi connectivity index (χ3v) is 3.60. The highest BCUT2D eigenvalue weighted by molar-refractivity contribution is 5.98. The minimum absolute atomic E-state index is 0.122. The zero-order valence-electron chi connectivity index (χ0n) is 11.6. The lowest BCUT2D eigenvalue weighted by Crippen LogP contribution is -2.29. The van der Waals surface area contributed by atoms with Crippen LogP contribution in [0.1, 0.15) is 28.8 Å². The van der Waals surface area contributed by atoms with E-state index < -0.39 is 5.97 Å². The molecule has 1 aromatic heterocycles. The van der Waals surface area contributed by atoms with Gasteiger partial charge in [-0.25, -0.2) is 4.79 Å². The Morgan fingerprint density at radius 3 is 3.00 bits per heavy atom. The van der Waals surface area contributed by atoms with Crippen molar-refractivity contribution >= 4 is 18.0 Å². The van der Waals surface area contributed by atoms with E-state index in [-0.39, 0.29) is 12.5 Å². The van der Waals surface area contributed by atoms with Crippen LogP contribution in [0.25, 0.3) is 6.08 Å². The molecule has 1 aromatic rings. The van der Waals surface area contributed by atoms with E-state index in [1.807, 2.05) is 0 Å². The van der Waals surface area contributed by atoms with Gasteiger partial charge in [0.05, 0.1) is 0 Å². The second kappa shape index (κ2) is 6.99. The number of likely N-dealkylation sites (tertiary alicyclic amines) is 1. The summed E-state index contributed by atoms with van der Waals surface area (Å²) in [5.74, 6) is -0.858. The van der Waals surface area contributed by atoms with Crippen molar-refractivity contribution in [2.24, 2.45) is 5.92 Å². The van der Waals surface area contributed by atoms with Gasteiger partial charge in [0.1, 0.15) is 0 Å².